The SMILES string of the molecule is COc1ccc(N)cc1CNC(=O)CC(C)CC(C)(C)C. The maximum absolute atomic E-state index is 12.0. The summed E-state index contributed by atoms with van der Waals surface area (Å²) in [5, 5.41) is 2.94. The van der Waals surface area contributed by atoms with Crippen LogP contribution in [-0.4, -0.2) is 13.0 Å². The van der Waals surface area contributed by atoms with Crippen LogP contribution < -0.4 is 15.8 Å². The number of hydrogen-bond acceptors (Lipinski definition) is 3. The van der Waals surface area contributed by atoms with E-state index in [-0.39, 0.29) is 11.3 Å². The summed E-state index contributed by atoms with van der Waals surface area (Å²) in [5.41, 5.74) is 7.58. The molecule has 1 unspecified atom stereocenters. The molecule has 0 aromatic heterocycles. The normalized spacial score (nSPS) is 12.8. The minimum absolute atomic E-state index is 0.0660. The van der Waals surface area contributed by atoms with Crippen molar-refractivity contribution in [3.05, 3.63) is 23.8 Å². The number of anilines is 1. The molecular weight excluding hydrogens is 264 g/mol. The lowest BCUT2D eigenvalue weighted by molar-refractivity contribution is -0.122. The van der Waals surface area contributed by atoms with Crippen LogP contribution in [0.3, 0.4) is 0 Å². The lowest BCUT2D eigenvalue weighted by atomic mass is 9.84. The number of amides is 1. The Kier molecular flexibility index (Phi) is 6.06. The highest BCUT2D eigenvalue weighted by Crippen LogP contribution is 2.26. The Morgan fingerprint density at radius 3 is 2.62 bits per heavy atom. The molecule has 1 atom stereocenters. The fourth-order valence-electron chi connectivity index (χ4n) is 2.64. The summed E-state index contributed by atoms with van der Waals surface area (Å²) in [6, 6.07) is 5.44. The molecule has 0 aliphatic rings. The van der Waals surface area contributed by atoms with E-state index in [0.717, 1.165) is 17.7 Å². The van der Waals surface area contributed by atoms with Gasteiger partial charge in [0.25, 0.3) is 0 Å². The van der Waals surface area contributed by atoms with E-state index in [1.807, 2.05) is 12.1 Å². The van der Waals surface area contributed by atoms with Gasteiger partial charge in [0.05, 0.1) is 7.11 Å². The molecule has 1 rings (SSSR count). The molecule has 0 spiro atoms. The number of carbonyl (C=O) groups is 1. The van der Waals surface area contributed by atoms with Crippen LogP contribution in [0.2, 0.25) is 0 Å². The van der Waals surface area contributed by atoms with Gasteiger partial charge in [-0.2, -0.15) is 0 Å². The number of hydrogen-bond donors (Lipinski definition) is 2. The lowest BCUT2D eigenvalue weighted by Gasteiger charge is -2.22. The van der Waals surface area contributed by atoms with Gasteiger partial charge in [-0.25, -0.2) is 0 Å². The molecule has 3 N–H and O–H groups in total. The molecule has 21 heavy (non-hydrogen) atoms. The van der Waals surface area contributed by atoms with Crippen molar-refractivity contribution in [2.24, 2.45) is 11.3 Å². The Balaban J connectivity index is 2.52. The van der Waals surface area contributed by atoms with E-state index < -0.39 is 0 Å². The summed E-state index contributed by atoms with van der Waals surface area (Å²) >= 11 is 0. The Hall–Kier alpha value is -1.71. The zero-order valence-electron chi connectivity index (χ0n) is 13.8. The molecule has 0 fully saturated rings. The molecule has 1 aromatic rings. The quantitative estimate of drug-likeness (QED) is 0.790. The Bertz CT molecular complexity index is 478. The summed E-state index contributed by atoms with van der Waals surface area (Å²) in [6.07, 6.45) is 1.57. The first-order chi connectivity index (χ1) is 9.71. The first-order valence-corrected chi connectivity index (χ1v) is 7.40. The zero-order chi connectivity index (χ0) is 16.0. The van der Waals surface area contributed by atoms with Gasteiger partial charge >= 0.3 is 0 Å². The number of rotatable bonds is 6. The molecule has 0 saturated carbocycles. The lowest BCUT2D eigenvalue weighted by Crippen LogP contribution is -2.26. The average Bonchev–Trinajstić information content (AvgIpc) is 2.34. The largest absolute Gasteiger partial charge is 0.496 e. The first-order valence-electron chi connectivity index (χ1n) is 7.40. The van der Waals surface area contributed by atoms with Crippen molar-refractivity contribution < 1.29 is 9.53 Å². The van der Waals surface area contributed by atoms with Crippen molar-refractivity contribution in [1.82, 2.24) is 5.32 Å². The predicted molar refractivity (Wildman–Crippen MR) is 87.1 cm³/mol. The van der Waals surface area contributed by atoms with E-state index >= 15 is 0 Å². The van der Waals surface area contributed by atoms with Crippen LogP contribution in [0.1, 0.15) is 46.1 Å². The number of carbonyl (C=O) groups excluding carboxylic acids is 1. The number of ether oxygens (including phenoxy) is 1. The topological polar surface area (TPSA) is 64.3 Å². The van der Waals surface area contributed by atoms with Crippen molar-refractivity contribution in [3.63, 3.8) is 0 Å². The summed E-state index contributed by atoms with van der Waals surface area (Å²) in [4.78, 5) is 12.0. The molecular formula is C17H28N2O2. The van der Waals surface area contributed by atoms with E-state index in [9.17, 15) is 4.79 Å². The van der Waals surface area contributed by atoms with Gasteiger partial charge in [0.1, 0.15) is 5.75 Å². The van der Waals surface area contributed by atoms with Gasteiger partial charge in [0.15, 0.2) is 0 Å². The van der Waals surface area contributed by atoms with Crippen molar-refractivity contribution in [3.8, 4) is 5.75 Å². The second-order valence-electron chi connectivity index (χ2n) is 6.92. The maximum atomic E-state index is 12.0. The van der Waals surface area contributed by atoms with E-state index in [4.69, 9.17) is 10.5 Å². The molecule has 1 aromatic carbocycles. The molecule has 0 aliphatic carbocycles. The van der Waals surface area contributed by atoms with Gasteiger partial charge < -0.3 is 15.8 Å². The summed E-state index contributed by atoms with van der Waals surface area (Å²) in [6.45, 7) is 9.14. The first kappa shape index (κ1) is 17.3. The average molecular weight is 292 g/mol. The van der Waals surface area contributed by atoms with Crippen LogP contribution in [-0.2, 0) is 11.3 Å². The number of nitrogens with one attached hydrogen (secondary N) is 1. The van der Waals surface area contributed by atoms with Gasteiger partial charge in [0, 0.05) is 24.2 Å². The van der Waals surface area contributed by atoms with Gasteiger partial charge in [-0.05, 0) is 36.0 Å². The number of nitrogen functional groups attached to an aromatic ring is 1. The summed E-state index contributed by atoms with van der Waals surface area (Å²) in [5.74, 6) is 1.18. The van der Waals surface area contributed by atoms with Gasteiger partial charge in [0.2, 0.25) is 5.91 Å². The van der Waals surface area contributed by atoms with Gasteiger partial charge in [-0.3, -0.25) is 4.79 Å². The van der Waals surface area contributed by atoms with Crippen molar-refractivity contribution >= 4 is 11.6 Å². The van der Waals surface area contributed by atoms with Crippen molar-refractivity contribution in [2.75, 3.05) is 12.8 Å². The van der Waals surface area contributed by atoms with Crippen LogP contribution in [0, 0.1) is 11.3 Å². The van der Waals surface area contributed by atoms with E-state index in [1.165, 1.54) is 0 Å². The minimum Gasteiger partial charge on any atom is -0.496 e. The highest BCUT2D eigenvalue weighted by atomic mass is 16.5. The van der Waals surface area contributed by atoms with Gasteiger partial charge in [-0.1, -0.05) is 27.7 Å². The highest BCUT2D eigenvalue weighted by Gasteiger charge is 2.17. The molecule has 0 saturated heterocycles. The Morgan fingerprint density at radius 1 is 1.38 bits per heavy atom. The monoisotopic (exact) mass is 292 g/mol. The van der Waals surface area contributed by atoms with Crippen LogP contribution >= 0.6 is 0 Å². The number of nitrogens with two attached hydrogens (primary N) is 1. The maximum Gasteiger partial charge on any atom is 0.220 e. The number of methoxy groups -OCH3 is 1. The molecule has 0 radical (unpaired) electrons. The van der Waals surface area contributed by atoms with Crippen LogP contribution in [0.25, 0.3) is 0 Å². The fraction of sp³-hybridized carbons (Fsp3) is 0.588. The Morgan fingerprint density at radius 2 is 2.05 bits per heavy atom. The van der Waals surface area contributed by atoms with Crippen LogP contribution in [0.15, 0.2) is 18.2 Å². The van der Waals surface area contributed by atoms with E-state index in [1.54, 1.807) is 13.2 Å². The van der Waals surface area contributed by atoms with Gasteiger partial charge in [-0.15, -0.1) is 0 Å². The van der Waals surface area contributed by atoms with Crippen LogP contribution in [0.4, 0.5) is 5.69 Å². The molecule has 0 heterocycles. The third-order valence-corrected chi connectivity index (χ3v) is 3.28. The zero-order valence-corrected chi connectivity index (χ0v) is 13.8. The third kappa shape index (κ3) is 6.52. The minimum atomic E-state index is 0.0660. The molecule has 1 amide bonds. The van der Waals surface area contributed by atoms with E-state index in [2.05, 4.69) is 33.0 Å². The third-order valence-electron chi connectivity index (χ3n) is 3.28. The van der Waals surface area contributed by atoms with Crippen molar-refractivity contribution in [1.29, 1.82) is 0 Å². The smallest absolute Gasteiger partial charge is 0.220 e. The predicted octanol–water partition coefficient (Wildman–Crippen LogP) is 3.36. The summed E-state index contributed by atoms with van der Waals surface area (Å²) < 4.78 is 5.27. The molecule has 0 bridgehead atoms. The van der Waals surface area contributed by atoms with E-state index in [0.29, 0.717) is 24.6 Å². The standard InChI is InChI=1S/C17H28N2O2/c1-12(10-17(2,3)4)8-16(20)19-11-13-9-14(18)6-7-15(13)21-5/h6-7,9,12H,8,10-11,18H2,1-5H3,(H,19,20). The second-order valence-corrected chi connectivity index (χ2v) is 6.92. The Labute approximate surface area is 128 Å². The second kappa shape index (κ2) is 7.34. The van der Waals surface area contributed by atoms with Crippen molar-refractivity contribution in [2.45, 2.75) is 47.1 Å². The molecule has 118 valence electrons. The molecule has 4 nitrogen and oxygen atoms in total. The number of benzene rings is 1. The van der Waals surface area contributed by atoms with Crippen LogP contribution in [0.5, 0.6) is 5.75 Å². The summed E-state index contributed by atoms with van der Waals surface area (Å²) in [7, 11) is 1.61. The highest BCUT2D eigenvalue weighted by molar-refractivity contribution is 5.76. The fourth-order valence-corrected chi connectivity index (χ4v) is 2.64. The molecule has 0 aliphatic heterocycles. The molecule has 4 heteroatoms.